The number of rotatable bonds is 6. The maximum absolute atomic E-state index is 14.3. The van der Waals surface area contributed by atoms with Gasteiger partial charge in [0.05, 0.1) is 6.54 Å². The number of hydrogen-bond acceptors (Lipinski definition) is 2. The van der Waals surface area contributed by atoms with E-state index in [1.807, 2.05) is 13.8 Å². The molecule has 0 aliphatic heterocycles. The average molecular weight is 521 g/mol. The molecule has 0 unspecified atom stereocenters. The highest BCUT2D eigenvalue weighted by molar-refractivity contribution is 6.35. The Kier molecular flexibility index (Phi) is 7.28. The Morgan fingerprint density at radius 2 is 1.57 bits per heavy atom. The fourth-order valence-corrected chi connectivity index (χ4v) is 4.51. The van der Waals surface area contributed by atoms with Crippen molar-refractivity contribution in [1.82, 2.24) is 9.47 Å². The topological polar surface area (TPSA) is 34.5 Å². The Hall–Kier alpha value is -3.16. The van der Waals surface area contributed by atoms with E-state index in [-0.39, 0.29) is 12.1 Å². The molecular weight excluding hydrogens is 500 g/mol. The molecule has 9 heteroatoms. The first-order valence-corrected chi connectivity index (χ1v) is 11.7. The van der Waals surface area contributed by atoms with Gasteiger partial charge < -0.3 is 14.2 Å². The van der Waals surface area contributed by atoms with Gasteiger partial charge >= 0.3 is 6.09 Å². The smallest absolute Gasteiger partial charge is 0.410 e. The van der Waals surface area contributed by atoms with Crippen molar-refractivity contribution in [3.63, 3.8) is 0 Å². The van der Waals surface area contributed by atoms with Crippen LogP contribution < -0.4 is 4.74 Å². The number of hydrogen-bond donors (Lipinski definition) is 0. The van der Waals surface area contributed by atoms with Crippen LogP contribution in [0.2, 0.25) is 10.0 Å². The van der Waals surface area contributed by atoms with Crippen molar-refractivity contribution in [2.75, 3.05) is 13.1 Å². The van der Waals surface area contributed by atoms with Crippen LogP contribution in [0.1, 0.15) is 19.4 Å². The van der Waals surface area contributed by atoms with Gasteiger partial charge in [-0.05, 0) is 61.9 Å². The standard InChI is InChI=1S/C26H21Cl2F3N2O2/c1-3-32(4-2)26(34)35-24-6-5-23-19(25(24)15-9-17(27)12-18(28)10-15)7-8-33(23)14-16-11-21(30)22(31)13-20(16)29/h5-13H,3-4,14H2,1-2H3. The molecule has 0 aliphatic carbocycles. The van der Waals surface area contributed by atoms with Crippen LogP contribution >= 0.6 is 23.2 Å². The largest absolute Gasteiger partial charge is 0.415 e. The molecule has 0 spiro atoms. The first-order chi connectivity index (χ1) is 16.7. The van der Waals surface area contributed by atoms with Crippen LogP contribution in [0, 0.1) is 17.5 Å². The van der Waals surface area contributed by atoms with Crippen LogP contribution in [-0.4, -0.2) is 28.6 Å². The van der Waals surface area contributed by atoms with E-state index < -0.39 is 23.5 Å². The molecule has 1 aromatic heterocycles. The summed E-state index contributed by atoms with van der Waals surface area (Å²) in [5.41, 5.74) is 1.83. The predicted molar refractivity (Wildman–Crippen MR) is 132 cm³/mol. The zero-order valence-electron chi connectivity index (χ0n) is 18.9. The van der Waals surface area contributed by atoms with E-state index in [4.69, 9.17) is 27.9 Å². The third-order valence-corrected chi connectivity index (χ3v) is 6.15. The van der Waals surface area contributed by atoms with E-state index >= 15 is 0 Å². The maximum Gasteiger partial charge on any atom is 0.415 e. The number of nitrogens with zero attached hydrogens (tertiary/aromatic N) is 2. The number of carbonyl (C=O) groups excluding carboxylic acids is 1. The number of benzene rings is 3. The third kappa shape index (κ3) is 5.11. The first kappa shape index (κ1) is 24.9. The molecule has 1 amide bonds. The molecule has 4 nitrogen and oxygen atoms in total. The van der Waals surface area contributed by atoms with E-state index in [1.54, 1.807) is 47.2 Å². The van der Waals surface area contributed by atoms with Gasteiger partial charge in [-0.3, -0.25) is 0 Å². The molecule has 4 aromatic rings. The Morgan fingerprint density at radius 3 is 2.23 bits per heavy atom. The molecule has 0 bridgehead atoms. The second-order valence-corrected chi connectivity index (χ2v) is 8.74. The number of fused-ring (bicyclic) bond motifs is 1. The van der Waals surface area contributed by atoms with Crippen molar-refractivity contribution in [2.24, 2.45) is 0 Å². The minimum atomic E-state index is -1.25. The van der Waals surface area contributed by atoms with Crippen molar-refractivity contribution in [1.29, 1.82) is 0 Å². The monoisotopic (exact) mass is 520 g/mol. The summed E-state index contributed by atoms with van der Waals surface area (Å²) < 4.78 is 48.8. The molecule has 0 radical (unpaired) electrons. The van der Waals surface area contributed by atoms with Gasteiger partial charge in [-0.15, -0.1) is 0 Å². The van der Waals surface area contributed by atoms with Crippen LogP contribution in [0.25, 0.3) is 22.0 Å². The van der Waals surface area contributed by atoms with E-state index in [9.17, 15) is 18.0 Å². The summed E-state index contributed by atoms with van der Waals surface area (Å²) in [6, 6.07) is 11.5. The summed E-state index contributed by atoms with van der Waals surface area (Å²) in [4.78, 5) is 14.2. The SMILES string of the molecule is CCN(CC)C(=O)Oc1ccc2c(ccn2Cc2cc(F)c(F)cc2F)c1-c1cc(Cl)cc(Cl)c1. The summed E-state index contributed by atoms with van der Waals surface area (Å²) in [5.74, 6) is -2.93. The molecule has 0 saturated carbocycles. The normalized spacial score (nSPS) is 11.2. The van der Waals surface area contributed by atoms with Gasteiger partial charge in [-0.1, -0.05) is 23.2 Å². The molecule has 0 atom stereocenters. The lowest BCUT2D eigenvalue weighted by molar-refractivity contribution is 0.157. The minimum Gasteiger partial charge on any atom is -0.410 e. The van der Waals surface area contributed by atoms with Crippen LogP contribution in [0.15, 0.2) is 54.7 Å². The van der Waals surface area contributed by atoms with Crippen LogP contribution in [0.5, 0.6) is 5.75 Å². The van der Waals surface area contributed by atoms with Gasteiger partial charge in [0.15, 0.2) is 11.6 Å². The van der Waals surface area contributed by atoms with Crippen LogP contribution in [-0.2, 0) is 6.54 Å². The summed E-state index contributed by atoms with van der Waals surface area (Å²) in [6.07, 6.45) is 1.18. The first-order valence-electron chi connectivity index (χ1n) is 10.9. The number of ether oxygens (including phenoxy) is 1. The highest BCUT2D eigenvalue weighted by Gasteiger charge is 2.20. The van der Waals surface area contributed by atoms with E-state index in [0.717, 1.165) is 6.07 Å². The maximum atomic E-state index is 14.3. The van der Waals surface area contributed by atoms with Crippen molar-refractivity contribution in [3.8, 4) is 16.9 Å². The van der Waals surface area contributed by atoms with Crippen molar-refractivity contribution in [2.45, 2.75) is 20.4 Å². The molecule has 35 heavy (non-hydrogen) atoms. The Labute approximate surface area is 210 Å². The molecule has 4 rings (SSSR count). The average Bonchev–Trinajstić information content (AvgIpc) is 3.20. The lowest BCUT2D eigenvalue weighted by Gasteiger charge is -2.20. The lowest BCUT2D eigenvalue weighted by Crippen LogP contribution is -2.33. The van der Waals surface area contributed by atoms with E-state index in [1.165, 1.54) is 4.90 Å². The number of halogens is 5. The number of aromatic nitrogens is 1. The van der Waals surface area contributed by atoms with Crippen molar-refractivity contribution < 1.29 is 22.7 Å². The molecule has 1 heterocycles. The van der Waals surface area contributed by atoms with Gasteiger partial charge in [-0.2, -0.15) is 0 Å². The van der Waals surface area contributed by atoms with Gasteiger partial charge in [0.25, 0.3) is 0 Å². The second kappa shape index (κ2) is 10.2. The van der Waals surface area contributed by atoms with Gasteiger partial charge in [0.2, 0.25) is 0 Å². The highest BCUT2D eigenvalue weighted by Crippen LogP contribution is 2.40. The fourth-order valence-electron chi connectivity index (χ4n) is 3.98. The summed E-state index contributed by atoms with van der Waals surface area (Å²) >= 11 is 12.5. The van der Waals surface area contributed by atoms with Gasteiger partial charge in [-0.25, -0.2) is 18.0 Å². The molecule has 0 saturated heterocycles. The van der Waals surface area contributed by atoms with Gasteiger partial charge in [0.1, 0.15) is 11.6 Å². The number of amides is 1. The Morgan fingerprint density at radius 1 is 0.914 bits per heavy atom. The lowest BCUT2D eigenvalue weighted by atomic mass is 10.0. The van der Waals surface area contributed by atoms with E-state index in [0.29, 0.717) is 57.0 Å². The number of carbonyl (C=O) groups is 1. The highest BCUT2D eigenvalue weighted by atomic mass is 35.5. The summed E-state index contributed by atoms with van der Waals surface area (Å²) in [6.45, 7) is 4.62. The molecule has 0 N–H and O–H groups in total. The third-order valence-electron chi connectivity index (χ3n) is 5.71. The molecular formula is C26H21Cl2F3N2O2. The quantitative estimate of drug-likeness (QED) is 0.242. The predicted octanol–water partition coefficient (Wildman–Crippen LogP) is 7.92. The zero-order valence-corrected chi connectivity index (χ0v) is 20.4. The Bertz CT molecular complexity index is 1400. The second-order valence-electron chi connectivity index (χ2n) is 7.87. The van der Waals surface area contributed by atoms with Crippen LogP contribution in [0.3, 0.4) is 0 Å². The van der Waals surface area contributed by atoms with Crippen molar-refractivity contribution in [3.05, 3.63) is 87.8 Å². The Balaban J connectivity index is 1.85. The summed E-state index contributed by atoms with van der Waals surface area (Å²) in [5, 5.41) is 1.47. The van der Waals surface area contributed by atoms with E-state index in [2.05, 4.69) is 0 Å². The van der Waals surface area contributed by atoms with Gasteiger partial charge in [0, 0.05) is 57.4 Å². The van der Waals surface area contributed by atoms with Crippen molar-refractivity contribution >= 4 is 40.2 Å². The molecule has 0 aliphatic rings. The molecule has 0 fully saturated rings. The minimum absolute atomic E-state index is 0.00853. The van der Waals surface area contributed by atoms with Crippen LogP contribution in [0.4, 0.5) is 18.0 Å². The summed E-state index contributed by atoms with van der Waals surface area (Å²) in [7, 11) is 0. The zero-order chi connectivity index (χ0) is 25.3. The molecule has 3 aromatic carbocycles. The molecule has 182 valence electrons. The fraction of sp³-hybridized carbons (Fsp3) is 0.192.